The van der Waals surface area contributed by atoms with E-state index in [0.717, 1.165) is 42.0 Å². The molecule has 4 rings (SSSR count). The maximum Gasteiger partial charge on any atom is 0.275 e. The van der Waals surface area contributed by atoms with E-state index in [4.69, 9.17) is 4.42 Å². The zero-order valence-electron chi connectivity index (χ0n) is 11.9. The zero-order chi connectivity index (χ0) is 14.4. The van der Waals surface area contributed by atoms with E-state index in [0.29, 0.717) is 24.2 Å². The third-order valence-electron chi connectivity index (χ3n) is 4.31. The van der Waals surface area contributed by atoms with E-state index in [1.807, 2.05) is 11.0 Å². The van der Waals surface area contributed by atoms with Gasteiger partial charge in [-0.25, -0.2) is 0 Å². The molecule has 2 aliphatic carbocycles. The predicted octanol–water partition coefficient (Wildman–Crippen LogP) is 3.06. The van der Waals surface area contributed by atoms with E-state index < -0.39 is 0 Å². The van der Waals surface area contributed by atoms with Crippen molar-refractivity contribution in [2.45, 2.75) is 44.7 Å². The van der Waals surface area contributed by atoms with E-state index >= 15 is 0 Å². The van der Waals surface area contributed by atoms with E-state index in [-0.39, 0.29) is 5.91 Å². The van der Waals surface area contributed by atoms with Gasteiger partial charge < -0.3 is 9.32 Å². The second-order valence-corrected chi connectivity index (χ2v) is 6.64. The summed E-state index contributed by atoms with van der Waals surface area (Å²) in [6, 6.07) is 4.39. The van der Waals surface area contributed by atoms with Gasteiger partial charge in [0.25, 0.3) is 5.91 Å². The molecule has 0 saturated heterocycles. The van der Waals surface area contributed by atoms with Gasteiger partial charge >= 0.3 is 0 Å². The summed E-state index contributed by atoms with van der Waals surface area (Å²) in [5, 5.41) is 0. The Morgan fingerprint density at radius 1 is 1.48 bits per heavy atom. The summed E-state index contributed by atoms with van der Waals surface area (Å²) in [4.78, 5) is 14.4. The number of carbonyl (C=O) groups is 1. The van der Waals surface area contributed by atoms with Crippen LogP contribution >= 0.6 is 11.7 Å². The van der Waals surface area contributed by atoms with Crippen LogP contribution in [0.1, 0.15) is 54.1 Å². The summed E-state index contributed by atoms with van der Waals surface area (Å²) in [5.74, 6) is 3.20. The van der Waals surface area contributed by atoms with Crippen molar-refractivity contribution in [2.24, 2.45) is 5.92 Å². The van der Waals surface area contributed by atoms with Crippen LogP contribution in [0.5, 0.6) is 0 Å². The normalized spacial score (nSPS) is 24.0. The SMILES string of the molecule is CC1CC1c1ccc(CN(C(=O)c2cnsn2)C2CC2)o1. The molecule has 5 nitrogen and oxygen atoms in total. The van der Waals surface area contributed by atoms with Crippen LogP contribution in [0.2, 0.25) is 0 Å². The van der Waals surface area contributed by atoms with Crippen LogP contribution in [-0.4, -0.2) is 25.6 Å². The molecule has 0 N–H and O–H groups in total. The molecule has 21 heavy (non-hydrogen) atoms. The molecule has 2 saturated carbocycles. The number of rotatable bonds is 5. The molecule has 2 aromatic heterocycles. The topological polar surface area (TPSA) is 59.2 Å². The quantitative estimate of drug-likeness (QED) is 0.851. The van der Waals surface area contributed by atoms with Crippen LogP contribution in [0, 0.1) is 5.92 Å². The Balaban J connectivity index is 1.50. The Hall–Kier alpha value is -1.69. The van der Waals surface area contributed by atoms with Gasteiger partial charge in [0.05, 0.1) is 24.5 Å². The van der Waals surface area contributed by atoms with E-state index in [1.54, 1.807) is 6.20 Å². The van der Waals surface area contributed by atoms with Crippen molar-refractivity contribution in [1.29, 1.82) is 0 Å². The van der Waals surface area contributed by atoms with Crippen LogP contribution in [0.15, 0.2) is 22.7 Å². The van der Waals surface area contributed by atoms with Crippen molar-refractivity contribution < 1.29 is 9.21 Å². The second-order valence-electron chi connectivity index (χ2n) is 6.08. The molecule has 0 radical (unpaired) electrons. The summed E-state index contributed by atoms with van der Waals surface area (Å²) < 4.78 is 13.9. The number of nitrogens with zero attached hydrogens (tertiary/aromatic N) is 3. The maximum absolute atomic E-state index is 12.5. The molecule has 2 fully saturated rings. The number of furan rings is 1. The predicted molar refractivity (Wildman–Crippen MR) is 78.0 cm³/mol. The molecule has 0 bridgehead atoms. The minimum atomic E-state index is -0.0380. The Kier molecular flexibility index (Phi) is 3.06. The van der Waals surface area contributed by atoms with Gasteiger partial charge in [-0.05, 0) is 37.3 Å². The Labute approximate surface area is 127 Å². The third-order valence-corrected chi connectivity index (χ3v) is 4.79. The molecule has 0 spiro atoms. The van der Waals surface area contributed by atoms with Gasteiger partial charge in [-0.2, -0.15) is 8.75 Å². The number of carbonyl (C=O) groups excluding carboxylic acids is 1. The molecule has 2 aromatic rings. The van der Waals surface area contributed by atoms with E-state index in [2.05, 4.69) is 21.7 Å². The fourth-order valence-electron chi connectivity index (χ4n) is 2.72. The monoisotopic (exact) mass is 303 g/mol. The molecule has 2 heterocycles. The molecule has 2 atom stereocenters. The summed E-state index contributed by atoms with van der Waals surface area (Å²) in [7, 11) is 0. The molecule has 6 heteroatoms. The van der Waals surface area contributed by atoms with Crippen molar-refractivity contribution in [3.05, 3.63) is 35.5 Å². The Bertz CT molecular complexity index is 648. The highest BCUT2D eigenvalue weighted by Crippen LogP contribution is 2.47. The van der Waals surface area contributed by atoms with Crippen LogP contribution in [-0.2, 0) is 6.54 Å². The standard InChI is InChI=1S/C15H17N3O2S/c1-9-6-12(9)14-5-4-11(20-14)8-18(10-2-3-10)15(19)13-7-16-21-17-13/h4-5,7,9-10,12H,2-3,6,8H2,1H3. The fourth-order valence-corrected chi connectivity index (χ4v) is 3.13. The van der Waals surface area contributed by atoms with E-state index in [9.17, 15) is 4.79 Å². The van der Waals surface area contributed by atoms with Crippen LogP contribution < -0.4 is 0 Å². The lowest BCUT2D eigenvalue weighted by molar-refractivity contribution is 0.0712. The number of aromatic nitrogens is 2. The molecule has 2 unspecified atom stereocenters. The summed E-state index contributed by atoms with van der Waals surface area (Å²) in [6.07, 6.45) is 4.89. The lowest BCUT2D eigenvalue weighted by Gasteiger charge is -2.19. The average Bonchev–Trinajstić information content (AvgIpc) is 3.32. The highest BCUT2D eigenvalue weighted by molar-refractivity contribution is 6.99. The first-order valence-corrected chi connectivity index (χ1v) is 8.12. The summed E-state index contributed by atoms with van der Waals surface area (Å²) in [5.41, 5.74) is 0.439. The van der Waals surface area contributed by atoms with Crippen molar-refractivity contribution >= 4 is 17.6 Å². The number of hydrogen-bond acceptors (Lipinski definition) is 5. The van der Waals surface area contributed by atoms with Crippen molar-refractivity contribution in [3.63, 3.8) is 0 Å². The summed E-state index contributed by atoms with van der Waals surface area (Å²) in [6.45, 7) is 2.77. The molecule has 1 amide bonds. The highest BCUT2D eigenvalue weighted by Gasteiger charge is 2.38. The van der Waals surface area contributed by atoms with Gasteiger partial charge in [-0.3, -0.25) is 4.79 Å². The number of hydrogen-bond donors (Lipinski definition) is 0. The first-order chi connectivity index (χ1) is 10.2. The molecular formula is C15H17N3O2S. The van der Waals surface area contributed by atoms with Crippen LogP contribution in [0.25, 0.3) is 0 Å². The van der Waals surface area contributed by atoms with Gasteiger partial charge in [0, 0.05) is 12.0 Å². The zero-order valence-corrected chi connectivity index (χ0v) is 12.7. The highest BCUT2D eigenvalue weighted by atomic mass is 32.1. The first kappa shape index (κ1) is 13.0. The Morgan fingerprint density at radius 3 is 2.90 bits per heavy atom. The van der Waals surface area contributed by atoms with Gasteiger partial charge in [0.1, 0.15) is 11.5 Å². The van der Waals surface area contributed by atoms with Gasteiger partial charge in [0.15, 0.2) is 5.69 Å². The maximum atomic E-state index is 12.5. The first-order valence-electron chi connectivity index (χ1n) is 7.39. The molecule has 0 aromatic carbocycles. The van der Waals surface area contributed by atoms with Crippen molar-refractivity contribution in [1.82, 2.24) is 13.6 Å². The van der Waals surface area contributed by atoms with Gasteiger partial charge in [0.2, 0.25) is 0 Å². The number of amides is 1. The lowest BCUT2D eigenvalue weighted by Crippen LogP contribution is -2.32. The van der Waals surface area contributed by atoms with E-state index in [1.165, 1.54) is 6.42 Å². The largest absolute Gasteiger partial charge is 0.464 e. The fraction of sp³-hybridized carbons (Fsp3) is 0.533. The molecule has 2 aliphatic rings. The van der Waals surface area contributed by atoms with Crippen LogP contribution in [0.3, 0.4) is 0 Å². The minimum Gasteiger partial charge on any atom is -0.464 e. The van der Waals surface area contributed by atoms with Gasteiger partial charge in [-0.15, -0.1) is 0 Å². The molecule has 0 aliphatic heterocycles. The Morgan fingerprint density at radius 2 is 2.29 bits per heavy atom. The minimum absolute atomic E-state index is 0.0380. The van der Waals surface area contributed by atoms with Crippen molar-refractivity contribution in [2.75, 3.05) is 0 Å². The average molecular weight is 303 g/mol. The molecular weight excluding hydrogens is 286 g/mol. The smallest absolute Gasteiger partial charge is 0.275 e. The van der Waals surface area contributed by atoms with Crippen molar-refractivity contribution in [3.8, 4) is 0 Å². The summed E-state index contributed by atoms with van der Waals surface area (Å²) >= 11 is 1.07. The second kappa shape index (κ2) is 4.94. The third kappa shape index (κ3) is 2.60. The van der Waals surface area contributed by atoms with Gasteiger partial charge in [-0.1, -0.05) is 6.92 Å². The lowest BCUT2D eigenvalue weighted by atomic mass is 10.3. The van der Waals surface area contributed by atoms with Crippen LogP contribution in [0.4, 0.5) is 0 Å². The molecule has 110 valence electrons.